The molecule has 3 rings (SSSR count). The summed E-state index contributed by atoms with van der Waals surface area (Å²) in [7, 11) is 0. The molecular weight excluding hydrogens is 274 g/mol. The van der Waals surface area contributed by atoms with Crippen LogP contribution in [0.4, 0.5) is 0 Å². The van der Waals surface area contributed by atoms with Gasteiger partial charge in [-0.2, -0.15) is 0 Å². The standard InChI is InChI=1S/C15H15NO5/c1-2-9-7-8-12(20-9)15(19)21-16-13(17)10-5-3-4-6-11(10)14(16)18/h3-6,9,12H,2,7-8H2,1H3. The Kier molecular flexibility index (Phi) is 3.47. The van der Waals surface area contributed by atoms with Gasteiger partial charge in [0.2, 0.25) is 0 Å². The van der Waals surface area contributed by atoms with E-state index in [1.165, 1.54) is 12.1 Å². The van der Waals surface area contributed by atoms with Crippen molar-refractivity contribution in [2.24, 2.45) is 0 Å². The first-order valence-corrected chi connectivity index (χ1v) is 6.97. The van der Waals surface area contributed by atoms with E-state index in [0.29, 0.717) is 11.5 Å². The van der Waals surface area contributed by atoms with Crippen molar-refractivity contribution in [2.45, 2.75) is 38.4 Å². The molecule has 6 nitrogen and oxygen atoms in total. The highest BCUT2D eigenvalue weighted by Gasteiger charge is 2.41. The molecule has 2 heterocycles. The van der Waals surface area contributed by atoms with E-state index in [1.807, 2.05) is 6.92 Å². The maximum Gasteiger partial charge on any atom is 0.361 e. The van der Waals surface area contributed by atoms with Crippen LogP contribution in [0.1, 0.15) is 46.9 Å². The Morgan fingerprint density at radius 1 is 1.24 bits per heavy atom. The van der Waals surface area contributed by atoms with Crippen LogP contribution in [0.2, 0.25) is 0 Å². The normalized spacial score (nSPS) is 24.3. The van der Waals surface area contributed by atoms with Crippen LogP contribution in [0.3, 0.4) is 0 Å². The Morgan fingerprint density at radius 2 is 1.86 bits per heavy atom. The number of hydrogen-bond donors (Lipinski definition) is 0. The molecule has 0 spiro atoms. The van der Waals surface area contributed by atoms with Crippen LogP contribution < -0.4 is 0 Å². The summed E-state index contributed by atoms with van der Waals surface area (Å²) in [5.74, 6) is -1.93. The number of hydrogen-bond acceptors (Lipinski definition) is 5. The van der Waals surface area contributed by atoms with Gasteiger partial charge in [0.25, 0.3) is 11.8 Å². The van der Waals surface area contributed by atoms with E-state index in [0.717, 1.165) is 12.8 Å². The monoisotopic (exact) mass is 289 g/mol. The van der Waals surface area contributed by atoms with Crippen LogP contribution in [0, 0.1) is 0 Å². The number of ether oxygens (including phenoxy) is 1. The lowest BCUT2D eigenvalue weighted by Gasteiger charge is -2.16. The van der Waals surface area contributed by atoms with E-state index in [2.05, 4.69) is 0 Å². The molecule has 2 unspecified atom stereocenters. The molecule has 2 atom stereocenters. The number of hydroxylamine groups is 2. The highest BCUT2D eigenvalue weighted by molar-refractivity contribution is 6.20. The summed E-state index contributed by atoms with van der Waals surface area (Å²) in [5, 5.41) is 0.523. The van der Waals surface area contributed by atoms with Gasteiger partial charge in [0.05, 0.1) is 17.2 Å². The Hall–Kier alpha value is -2.21. The van der Waals surface area contributed by atoms with Crippen molar-refractivity contribution in [1.82, 2.24) is 5.06 Å². The number of nitrogens with zero attached hydrogens (tertiary/aromatic N) is 1. The van der Waals surface area contributed by atoms with Crippen molar-refractivity contribution in [3.8, 4) is 0 Å². The molecule has 0 bridgehead atoms. The number of imide groups is 1. The lowest BCUT2D eigenvalue weighted by molar-refractivity contribution is -0.180. The topological polar surface area (TPSA) is 72.9 Å². The van der Waals surface area contributed by atoms with E-state index in [-0.39, 0.29) is 17.2 Å². The van der Waals surface area contributed by atoms with Crippen molar-refractivity contribution >= 4 is 17.8 Å². The SMILES string of the molecule is CCC1CCC(C(=O)ON2C(=O)c3ccccc3C2=O)O1. The van der Waals surface area contributed by atoms with Gasteiger partial charge in [-0.3, -0.25) is 9.59 Å². The molecule has 110 valence electrons. The van der Waals surface area contributed by atoms with Gasteiger partial charge in [0, 0.05) is 0 Å². The summed E-state index contributed by atoms with van der Waals surface area (Å²) in [5.41, 5.74) is 0.489. The van der Waals surface area contributed by atoms with Crippen molar-refractivity contribution < 1.29 is 24.0 Å². The van der Waals surface area contributed by atoms with Crippen LogP contribution in [0.25, 0.3) is 0 Å². The zero-order chi connectivity index (χ0) is 15.0. The van der Waals surface area contributed by atoms with Gasteiger partial charge in [0.1, 0.15) is 0 Å². The van der Waals surface area contributed by atoms with Gasteiger partial charge in [-0.1, -0.05) is 24.1 Å². The molecular formula is C15H15NO5. The summed E-state index contributed by atoms with van der Waals surface area (Å²) in [6, 6.07) is 6.37. The van der Waals surface area contributed by atoms with Crippen molar-refractivity contribution in [2.75, 3.05) is 0 Å². The lowest BCUT2D eigenvalue weighted by Crippen LogP contribution is -2.37. The maximum atomic E-state index is 12.1. The third-order valence-corrected chi connectivity index (χ3v) is 3.76. The van der Waals surface area contributed by atoms with E-state index >= 15 is 0 Å². The van der Waals surface area contributed by atoms with Gasteiger partial charge in [-0.15, -0.1) is 0 Å². The van der Waals surface area contributed by atoms with E-state index < -0.39 is 23.9 Å². The zero-order valence-corrected chi connectivity index (χ0v) is 11.6. The molecule has 0 aliphatic carbocycles. The van der Waals surface area contributed by atoms with E-state index in [1.54, 1.807) is 12.1 Å². The highest BCUT2D eigenvalue weighted by Crippen LogP contribution is 2.26. The predicted molar refractivity (Wildman–Crippen MR) is 71.2 cm³/mol. The molecule has 2 aliphatic rings. The van der Waals surface area contributed by atoms with Crippen LogP contribution in [0.5, 0.6) is 0 Å². The molecule has 0 saturated carbocycles. The average molecular weight is 289 g/mol. The second-order valence-electron chi connectivity index (χ2n) is 5.09. The second-order valence-corrected chi connectivity index (χ2v) is 5.09. The van der Waals surface area contributed by atoms with Crippen LogP contribution >= 0.6 is 0 Å². The smallest absolute Gasteiger partial charge is 0.361 e. The molecule has 1 saturated heterocycles. The summed E-state index contributed by atoms with van der Waals surface area (Å²) in [6.07, 6.45) is 1.46. The number of carbonyl (C=O) groups excluding carboxylic acids is 3. The number of amides is 2. The predicted octanol–water partition coefficient (Wildman–Crippen LogP) is 1.70. The first-order chi connectivity index (χ1) is 10.1. The molecule has 0 N–H and O–H groups in total. The maximum absolute atomic E-state index is 12.1. The summed E-state index contributed by atoms with van der Waals surface area (Å²) in [6.45, 7) is 1.97. The largest absolute Gasteiger partial charge is 0.363 e. The fourth-order valence-corrected chi connectivity index (χ4v) is 2.58. The summed E-state index contributed by atoms with van der Waals surface area (Å²) >= 11 is 0. The van der Waals surface area contributed by atoms with Gasteiger partial charge >= 0.3 is 5.97 Å². The van der Waals surface area contributed by atoms with E-state index in [4.69, 9.17) is 9.57 Å². The fourth-order valence-electron chi connectivity index (χ4n) is 2.58. The molecule has 2 aliphatic heterocycles. The minimum atomic E-state index is -0.709. The third kappa shape index (κ3) is 2.31. The molecule has 0 radical (unpaired) electrons. The van der Waals surface area contributed by atoms with Crippen molar-refractivity contribution in [3.63, 3.8) is 0 Å². The molecule has 1 aromatic rings. The number of benzene rings is 1. The van der Waals surface area contributed by atoms with Crippen molar-refractivity contribution in [3.05, 3.63) is 35.4 Å². The first kappa shape index (κ1) is 13.8. The average Bonchev–Trinajstić information content (AvgIpc) is 3.07. The summed E-state index contributed by atoms with van der Waals surface area (Å²) < 4.78 is 5.51. The molecule has 0 aromatic heterocycles. The van der Waals surface area contributed by atoms with Gasteiger partial charge in [0.15, 0.2) is 6.10 Å². The zero-order valence-electron chi connectivity index (χ0n) is 11.6. The van der Waals surface area contributed by atoms with Gasteiger partial charge in [-0.25, -0.2) is 4.79 Å². The number of rotatable bonds is 3. The Labute approximate surface area is 121 Å². The van der Waals surface area contributed by atoms with E-state index in [9.17, 15) is 14.4 Å². The minimum Gasteiger partial charge on any atom is -0.363 e. The Balaban J connectivity index is 1.71. The molecule has 1 aromatic carbocycles. The molecule has 21 heavy (non-hydrogen) atoms. The Bertz CT molecular complexity index is 577. The third-order valence-electron chi connectivity index (χ3n) is 3.76. The van der Waals surface area contributed by atoms with Crippen LogP contribution in [-0.2, 0) is 14.4 Å². The lowest BCUT2D eigenvalue weighted by atomic mass is 10.1. The fraction of sp³-hybridized carbons (Fsp3) is 0.400. The summed E-state index contributed by atoms with van der Waals surface area (Å²) in [4.78, 5) is 41.1. The Morgan fingerprint density at radius 3 is 2.38 bits per heavy atom. The highest BCUT2D eigenvalue weighted by atomic mass is 16.7. The molecule has 6 heteroatoms. The van der Waals surface area contributed by atoms with Gasteiger partial charge in [-0.05, 0) is 31.4 Å². The van der Waals surface area contributed by atoms with Gasteiger partial charge < -0.3 is 9.57 Å². The number of fused-ring (bicyclic) bond motifs is 1. The second kappa shape index (κ2) is 5.29. The molecule has 2 amide bonds. The first-order valence-electron chi connectivity index (χ1n) is 6.97. The molecule has 1 fully saturated rings. The quantitative estimate of drug-likeness (QED) is 0.792. The minimum absolute atomic E-state index is 0.0322. The van der Waals surface area contributed by atoms with Crippen LogP contribution in [-0.4, -0.2) is 35.1 Å². The number of carbonyl (C=O) groups is 3. The van der Waals surface area contributed by atoms with Crippen molar-refractivity contribution in [1.29, 1.82) is 0 Å². The van der Waals surface area contributed by atoms with Crippen LogP contribution in [0.15, 0.2) is 24.3 Å².